The summed E-state index contributed by atoms with van der Waals surface area (Å²) in [6, 6.07) is 6.84. The predicted molar refractivity (Wildman–Crippen MR) is 58.5 cm³/mol. The predicted octanol–water partition coefficient (Wildman–Crippen LogP) is 1.48. The molecule has 2 unspecified atom stereocenters. The van der Waals surface area contributed by atoms with E-state index in [1.165, 1.54) is 0 Å². The van der Waals surface area contributed by atoms with Gasteiger partial charge in [-0.2, -0.15) is 0 Å². The Morgan fingerprint density at radius 3 is 2.27 bits per heavy atom. The number of fused-ring (bicyclic) bond motifs is 1. The summed E-state index contributed by atoms with van der Waals surface area (Å²) < 4.78 is 12.8. The van der Waals surface area contributed by atoms with E-state index in [9.17, 15) is 4.39 Å². The summed E-state index contributed by atoms with van der Waals surface area (Å²) in [6.07, 6.45) is 0. The van der Waals surface area contributed by atoms with Crippen molar-refractivity contribution >= 4 is 5.69 Å². The first-order valence-electron chi connectivity index (χ1n) is 5.54. The van der Waals surface area contributed by atoms with Gasteiger partial charge in [-0.1, -0.05) is 0 Å². The van der Waals surface area contributed by atoms with Gasteiger partial charge in [0, 0.05) is 31.9 Å². The van der Waals surface area contributed by atoms with Crippen LogP contribution in [-0.4, -0.2) is 26.2 Å². The van der Waals surface area contributed by atoms with Gasteiger partial charge >= 0.3 is 0 Å². The van der Waals surface area contributed by atoms with Crippen molar-refractivity contribution in [2.45, 2.75) is 0 Å². The second kappa shape index (κ2) is 3.49. The first kappa shape index (κ1) is 9.16. The minimum absolute atomic E-state index is 0.153. The highest BCUT2D eigenvalue weighted by atomic mass is 19.1. The number of hydrogen-bond donors (Lipinski definition) is 1. The van der Waals surface area contributed by atoms with Gasteiger partial charge in [-0.15, -0.1) is 0 Å². The smallest absolute Gasteiger partial charge is 0.123 e. The fraction of sp³-hybridized carbons (Fsp3) is 0.500. The maximum atomic E-state index is 12.8. The molecule has 3 rings (SSSR count). The van der Waals surface area contributed by atoms with E-state index in [1.54, 1.807) is 12.1 Å². The lowest BCUT2D eigenvalue weighted by atomic mass is 10.0. The molecule has 0 amide bonds. The van der Waals surface area contributed by atoms with Gasteiger partial charge in [-0.3, -0.25) is 0 Å². The third-order valence-corrected chi connectivity index (χ3v) is 3.58. The number of anilines is 1. The molecule has 1 N–H and O–H groups in total. The van der Waals surface area contributed by atoms with E-state index >= 15 is 0 Å². The Morgan fingerprint density at radius 2 is 1.67 bits per heavy atom. The summed E-state index contributed by atoms with van der Waals surface area (Å²) in [5, 5.41) is 3.42. The third-order valence-electron chi connectivity index (χ3n) is 3.58. The minimum Gasteiger partial charge on any atom is -0.371 e. The van der Waals surface area contributed by atoms with Crippen molar-refractivity contribution in [1.29, 1.82) is 0 Å². The fourth-order valence-corrected chi connectivity index (χ4v) is 2.72. The molecular formula is C12H15FN2. The van der Waals surface area contributed by atoms with E-state index in [1.807, 2.05) is 12.1 Å². The second-order valence-corrected chi connectivity index (χ2v) is 4.56. The van der Waals surface area contributed by atoms with Gasteiger partial charge in [-0.05, 0) is 36.1 Å². The molecule has 0 aromatic heterocycles. The number of nitrogens with zero attached hydrogens (tertiary/aromatic N) is 1. The molecule has 15 heavy (non-hydrogen) atoms. The molecule has 1 aromatic carbocycles. The molecule has 0 radical (unpaired) electrons. The molecule has 80 valence electrons. The highest BCUT2D eigenvalue weighted by Gasteiger charge is 2.35. The Bertz CT molecular complexity index is 337. The molecular weight excluding hydrogens is 191 g/mol. The largest absolute Gasteiger partial charge is 0.371 e. The van der Waals surface area contributed by atoms with Gasteiger partial charge in [-0.25, -0.2) is 4.39 Å². The lowest BCUT2D eigenvalue weighted by Gasteiger charge is -2.19. The average Bonchev–Trinajstić information content (AvgIpc) is 2.78. The Balaban J connectivity index is 1.76. The average molecular weight is 206 g/mol. The van der Waals surface area contributed by atoms with Gasteiger partial charge in [0.25, 0.3) is 0 Å². The van der Waals surface area contributed by atoms with Crippen LogP contribution >= 0.6 is 0 Å². The first-order chi connectivity index (χ1) is 7.33. The molecule has 1 aromatic rings. The zero-order valence-electron chi connectivity index (χ0n) is 8.62. The topological polar surface area (TPSA) is 15.3 Å². The van der Waals surface area contributed by atoms with Crippen LogP contribution in [-0.2, 0) is 0 Å². The molecule has 2 atom stereocenters. The summed E-state index contributed by atoms with van der Waals surface area (Å²) in [7, 11) is 0. The molecule has 2 aliphatic rings. The van der Waals surface area contributed by atoms with E-state index in [4.69, 9.17) is 0 Å². The Kier molecular flexibility index (Phi) is 2.13. The van der Waals surface area contributed by atoms with Crippen LogP contribution in [0.4, 0.5) is 10.1 Å². The molecule has 0 aliphatic carbocycles. The van der Waals surface area contributed by atoms with Crippen LogP contribution in [0.3, 0.4) is 0 Å². The quantitative estimate of drug-likeness (QED) is 0.748. The lowest BCUT2D eigenvalue weighted by Crippen LogP contribution is -2.25. The number of benzene rings is 1. The number of nitrogens with one attached hydrogen (secondary N) is 1. The highest BCUT2D eigenvalue weighted by molar-refractivity contribution is 5.47. The normalized spacial score (nSPS) is 29.5. The number of rotatable bonds is 1. The highest BCUT2D eigenvalue weighted by Crippen LogP contribution is 2.30. The fourth-order valence-electron chi connectivity index (χ4n) is 2.72. The Labute approximate surface area is 89.1 Å². The van der Waals surface area contributed by atoms with Crippen LogP contribution in [0.1, 0.15) is 0 Å². The van der Waals surface area contributed by atoms with E-state index in [0.29, 0.717) is 0 Å². The van der Waals surface area contributed by atoms with Crippen LogP contribution in [0.25, 0.3) is 0 Å². The van der Waals surface area contributed by atoms with Gasteiger partial charge in [0.05, 0.1) is 0 Å². The van der Waals surface area contributed by atoms with Crippen molar-refractivity contribution in [2.75, 3.05) is 31.1 Å². The van der Waals surface area contributed by atoms with Crippen molar-refractivity contribution < 1.29 is 4.39 Å². The van der Waals surface area contributed by atoms with Crippen LogP contribution in [0.2, 0.25) is 0 Å². The molecule has 2 aliphatic heterocycles. The van der Waals surface area contributed by atoms with Gasteiger partial charge in [0.15, 0.2) is 0 Å². The summed E-state index contributed by atoms with van der Waals surface area (Å²) >= 11 is 0. The van der Waals surface area contributed by atoms with Crippen LogP contribution < -0.4 is 10.2 Å². The summed E-state index contributed by atoms with van der Waals surface area (Å²) in [4.78, 5) is 2.37. The Hall–Kier alpha value is -1.09. The monoisotopic (exact) mass is 206 g/mol. The summed E-state index contributed by atoms with van der Waals surface area (Å²) in [6.45, 7) is 4.51. The van der Waals surface area contributed by atoms with Gasteiger partial charge in [0.1, 0.15) is 5.82 Å². The van der Waals surface area contributed by atoms with Crippen molar-refractivity contribution in [3.8, 4) is 0 Å². The lowest BCUT2D eigenvalue weighted by molar-refractivity contribution is 0.533. The molecule has 0 spiro atoms. The SMILES string of the molecule is Fc1ccc(N2CC3CNCC3C2)cc1. The minimum atomic E-state index is -0.153. The van der Waals surface area contributed by atoms with E-state index < -0.39 is 0 Å². The van der Waals surface area contributed by atoms with Gasteiger partial charge < -0.3 is 10.2 Å². The van der Waals surface area contributed by atoms with Crippen LogP contribution in [0, 0.1) is 17.7 Å². The van der Waals surface area contributed by atoms with Crippen molar-refractivity contribution in [1.82, 2.24) is 5.32 Å². The molecule has 2 nitrogen and oxygen atoms in total. The van der Waals surface area contributed by atoms with Crippen LogP contribution in [0.15, 0.2) is 24.3 Å². The van der Waals surface area contributed by atoms with E-state index in [2.05, 4.69) is 10.2 Å². The van der Waals surface area contributed by atoms with Crippen molar-refractivity contribution in [2.24, 2.45) is 11.8 Å². The molecule has 0 saturated carbocycles. The zero-order valence-corrected chi connectivity index (χ0v) is 8.62. The summed E-state index contributed by atoms with van der Waals surface area (Å²) in [5.74, 6) is 1.42. The maximum absolute atomic E-state index is 12.8. The number of hydrogen-bond acceptors (Lipinski definition) is 2. The molecule has 2 heterocycles. The van der Waals surface area contributed by atoms with Crippen molar-refractivity contribution in [3.63, 3.8) is 0 Å². The standard InChI is InChI=1S/C12H15FN2/c13-11-1-3-12(4-2-11)15-7-9-5-14-6-10(9)8-15/h1-4,9-10,14H,5-8H2. The third kappa shape index (κ3) is 1.61. The van der Waals surface area contributed by atoms with Crippen LogP contribution in [0.5, 0.6) is 0 Å². The molecule has 0 bridgehead atoms. The number of halogens is 1. The first-order valence-corrected chi connectivity index (χ1v) is 5.54. The van der Waals surface area contributed by atoms with E-state index in [-0.39, 0.29) is 5.82 Å². The summed E-state index contributed by atoms with van der Waals surface area (Å²) in [5.41, 5.74) is 1.16. The second-order valence-electron chi connectivity index (χ2n) is 4.56. The maximum Gasteiger partial charge on any atom is 0.123 e. The van der Waals surface area contributed by atoms with Crippen molar-refractivity contribution in [3.05, 3.63) is 30.1 Å². The molecule has 2 saturated heterocycles. The zero-order chi connectivity index (χ0) is 10.3. The molecule has 3 heteroatoms. The molecule has 2 fully saturated rings. The van der Waals surface area contributed by atoms with E-state index in [0.717, 1.165) is 43.7 Å². The van der Waals surface area contributed by atoms with Gasteiger partial charge in [0.2, 0.25) is 0 Å². The Morgan fingerprint density at radius 1 is 1.07 bits per heavy atom.